The number of benzene rings is 1. The van der Waals surface area contributed by atoms with Crippen LogP contribution in [0.5, 0.6) is 0 Å². The van der Waals surface area contributed by atoms with Crippen LogP contribution in [0.1, 0.15) is 12.5 Å². The number of carbonyl (C=O) groups is 2. The zero-order valence-corrected chi connectivity index (χ0v) is 12.2. The first-order valence-electron chi connectivity index (χ1n) is 5.72. The van der Waals surface area contributed by atoms with Gasteiger partial charge in [0.25, 0.3) is 0 Å². The third-order valence-corrected chi connectivity index (χ3v) is 3.47. The maximum absolute atomic E-state index is 11.9. The molecular weight excluding hydrogens is 289 g/mol. The van der Waals surface area contributed by atoms with Gasteiger partial charge in [-0.15, -0.1) is 0 Å². The number of carboxylic acids is 1. The minimum absolute atomic E-state index is 0.161. The summed E-state index contributed by atoms with van der Waals surface area (Å²) >= 11 is 11.7. The molecule has 1 rings (SSSR count). The van der Waals surface area contributed by atoms with Crippen LogP contribution in [0.4, 0.5) is 0 Å². The normalized spacial score (nSPS) is 12.0. The summed E-state index contributed by atoms with van der Waals surface area (Å²) < 4.78 is 0. The largest absolute Gasteiger partial charge is 0.481 e. The Bertz CT molecular complexity index is 491. The number of carboxylic acid groups (broad SMARTS) is 1. The molecule has 1 aromatic rings. The summed E-state index contributed by atoms with van der Waals surface area (Å²) in [6, 6.07) is 4.99. The van der Waals surface area contributed by atoms with Crippen LogP contribution in [-0.4, -0.2) is 35.5 Å². The van der Waals surface area contributed by atoms with Crippen LogP contribution in [-0.2, 0) is 16.0 Å². The molecule has 0 heterocycles. The molecule has 0 bridgehead atoms. The predicted molar refractivity (Wildman–Crippen MR) is 74.6 cm³/mol. The van der Waals surface area contributed by atoms with Crippen molar-refractivity contribution in [3.05, 3.63) is 33.8 Å². The third-order valence-electron chi connectivity index (χ3n) is 2.73. The van der Waals surface area contributed by atoms with Crippen molar-refractivity contribution in [2.24, 2.45) is 5.92 Å². The lowest BCUT2D eigenvalue weighted by atomic mass is 10.1. The second-order valence-corrected chi connectivity index (χ2v) is 5.25. The summed E-state index contributed by atoms with van der Waals surface area (Å²) in [5, 5.41) is 9.63. The number of nitrogens with zero attached hydrogens (tertiary/aromatic N) is 1. The first-order valence-corrected chi connectivity index (χ1v) is 6.47. The van der Waals surface area contributed by atoms with Crippen LogP contribution < -0.4 is 0 Å². The van der Waals surface area contributed by atoms with Gasteiger partial charge in [0.1, 0.15) is 0 Å². The molecule has 1 amide bonds. The molecule has 0 spiro atoms. The van der Waals surface area contributed by atoms with E-state index in [-0.39, 0.29) is 18.9 Å². The summed E-state index contributed by atoms with van der Waals surface area (Å²) in [6.45, 7) is 1.74. The van der Waals surface area contributed by atoms with Crippen molar-refractivity contribution in [1.82, 2.24) is 4.90 Å². The van der Waals surface area contributed by atoms with Crippen molar-refractivity contribution in [2.75, 3.05) is 13.6 Å². The highest BCUT2D eigenvalue weighted by atomic mass is 35.5. The van der Waals surface area contributed by atoms with Gasteiger partial charge in [0.2, 0.25) is 5.91 Å². The molecule has 0 saturated heterocycles. The molecule has 1 atom stereocenters. The van der Waals surface area contributed by atoms with Gasteiger partial charge in [-0.05, 0) is 17.7 Å². The van der Waals surface area contributed by atoms with Gasteiger partial charge in [-0.3, -0.25) is 9.59 Å². The number of likely N-dealkylation sites (N-methyl/N-ethyl adjacent to an activating group) is 1. The van der Waals surface area contributed by atoms with Crippen LogP contribution in [0.2, 0.25) is 10.0 Å². The fourth-order valence-electron chi connectivity index (χ4n) is 1.55. The number of rotatable bonds is 5. The summed E-state index contributed by atoms with van der Waals surface area (Å²) in [4.78, 5) is 24.1. The van der Waals surface area contributed by atoms with Gasteiger partial charge in [0.15, 0.2) is 0 Å². The van der Waals surface area contributed by atoms with Gasteiger partial charge < -0.3 is 10.0 Å². The lowest BCUT2D eigenvalue weighted by Gasteiger charge is -2.19. The van der Waals surface area contributed by atoms with E-state index in [0.29, 0.717) is 10.0 Å². The molecule has 0 aliphatic heterocycles. The van der Waals surface area contributed by atoms with E-state index in [1.165, 1.54) is 4.90 Å². The van der Waals surface area contributed by atoms with E-state index >= 15 is 0 Å². The van der Waals surface area contributed by atoms with Crippen molar-refractivity contribution in [2.45, 2.75) is 13.3 Å². The van der Waals surface area contributed by atoms with Gasteiger partial charge in [0.05, 0.1) is 22.4 Å². The summed E-state index contributed by atoms with van der Waals surface area (Å²) in [5.41, 5.74) is 0.745. The van der Waals surface area contributed by atoms with Crippen molar-refractivity contribution >= 4 is 35.1 Å². The van der Waals surface area contributed by atoms with E-state index in [0.717, 1.165) is 5.56 Å². The molecule has 1 N–H and O–H groups in total. The van der Waals surface area contributed by atoms with Gasteiger partial charge in [0, 0.05) is 13.6 Å². The van der Waals surface area contributed by atoms with Crippen molar-refractivity contribution < 1.29 is 14.7 Å². The Kier molecular flexibility index (Phi) is 5.63. The van der Waals surface area contributed by atoms with Gasteiger partial charge >= 0.3 is 5.97 Å². The molecule has 4 nitrogen and oxygen atoms in total. The lowest BCUT2D eigenvalue weighted by Crippen LogP contribution is -2.34. The SMILES string of the molecule is CC(CN(C)C(=O)Cc1ccc(Cl)c(Cl)c1)C(=O)O. The number of carbonyl (C=O) groups excluding carboxylic acids is 1. The van der Waals surface area contributed by atoms with Gasteiger partial charge in [-0.25, -0.2) is 0 Å². The molecule has 0 aliphatic rings. The van der Waals surface area contributed by atoms with Crippen LogP contribution in [0.25, 0.3) is 0 Å². The average Bonchev–Trinajstić information content (AvgIpc) is 2.33. The fourth-order valence-corrected chi connectivity index (χ4v) is 1.87. The zero-order valence-electron chi connectivity index (χ0n) is 10.7. The molecule has 19 heavy (non-hydrogen) atoms. The quantitative estimate of drug-likeness (QED) is 0.910. The number of amides is 1. The number of hydrogen-bond acceptors (Lipinski definition) is 2. The lowest BCUT2D eigenvalue weighted by molar-refractivity contribution is -0.142. The minimum atomic E-state index is -0.922. The highest BCUT2D eigenvalue weighted by molar-refractivity contribution is 6.42. The zero-order chi connectivity index (χ0) is 14.6. The highest BCUT2D eigenvalue weighted by Crippen LogP contribution is 2.23. The molecule has 0 aliphatic carbocycles. The van der Waals surface area contributed by atoms with Crippen LogP contribution in [0.3, 0.4) is 0 Å². The molecule has 0 aromatic heterocycles. The summed E-state index contributed by atoms with van der Waals surface area (Å²) in [5.74, 6) is -1.68. The van der Waals surface area contributed by atoms with Crippen LogP contribution in [0.15, 0.2) is 18.2 Å². The summed E-state index contributed by atoms with van der Waals surface area (Å²) in [7, 11) is 1.58. The van der Waals surface area contributed by atoms with Crippen molar-refractivity contribution in [3.8, 4) is 0 Å². The minimum Gasteiger partial charge on any atom is -0.481 e. The molecule has 1 unspecified atom stereocenters. The van der Waals surface area contributed by atoms with Crippen LogP contribution in [0, 0.1) is 5.92 Å². The van der Waals surface area contributed by atoms with E-state index < -0.39 is 11.9 Å². The van der Waals surface area contributed by atoms with E-state index in [9.17, 15) is 9.59 Å². The number of hydrogen-bond donors (Lipinski definition) is 1. The molecule has 0 saturated carbocycles. The summed E-state index contributed by atoms with van der Waals surface area (Å²) in [6.07, 6.45) is 0.166. The maximum Gasteiger partial charge on any atom is 0.308 e. The van der Waals surface area contributed by atoms with Crippen molar-refractivity contribution in [3.63, 3.8) is 0 Å². The average molecular weight is 304 g/mol. The Labute approximate surface area is 121 Å². The second kappa shape index (κ2) is 6.78. The first kappa shape index (κ1) is 15.8. The van der Waals surface area contributed by atoms with Crippen molar-refractivity contribution in [1.29, 1.82) is 0 Å². The molecule has 104 valence electrons. The van der Waals surface area contributed by atoms with Crippen LogP contribution >= 0.6 is 23.2 Å². The highest BCUT2D eigenvalue weighted by Gasteiger charge is 2.17. The van der Waals surface area contributed by atoms with E-state index in [1.54, 1.807) is 32.2 Å². The Morgan fingerprint density at radius 2 is 1.95 bits per heavy atom. The smallest absolute Gasteiger partial charge is 0.308 e. The Morgan fingerprint density at radius 1 is 1.32 bits per heavy atom. The molecule has 0 fully saturated rings. The van der Waals surface area contributed by atoms with Gasteiger partial charge in [-0.2, -0.15) is 0 Å². The first-order chi connectivity index (χ1) is 8.81. The Morgan fingerprint density at radius 3 is 2.47 bits per heavy atom. The number of halogens is 2. The van der Waals surface area contributed by atoms with E-state index in [4.69, 9.17) is 28.3 Å². The second-order valence-electron chi connectivity index (χ2n) is 4.44. The molecule has 1 aromatic carbocycles. The fraction of sp³-hybridized carbons (Fsp3) is 0.385. The van der Waals surface area contributed by atoms with E-state index in [2.05, 4.69) is 0 Å². The molecular formula is C13H15Cl2NO3. The predicted octanol–water partition coefficient (Wildman–Crippen LogP) is 2.71. The topological polar surface area (TPSA) is 57.6 Å². The monoisotopic (exact) mass is 303 g/mol. The number of aliphatic carboxylic acids is 1. The molecule has 6 heteroatoms. The molecule has 0 radical (unpaired) electrons. The standard InChI is InChI=1S/C13H15Cl2NO3/c1-8(13(18)19)7-16(2)12(17)6-9-3-4-10(14)11(15)5-9/h3-5,8H,6-7H2,1-2H3,(H,18,19). The Balaban J connectivity index is 2.63. The Hall–Kier alpha value is -1.26. The third kappa shape index (κ3) is 4.73. The van der Waals surface area contributed by atoms with Gasteiger partial charge in [-0.1, -0.05) is 36.2 Å². The van der Waals surface area contributed by atoms with E-state index in [1.807, 2.05) is 0 Å². The maximum atomic E-state index is 11.9.